The number of hydrogen-bond donors (Lipinski definition) is 2. The van der Waals surface area contributed by atoms with Gasteiger partial charge in [0.15, 0.2) is 0 Å². The van der Waals surface area contributed by atoms with Crippen LogP contribution in [0.4, 0.5) is 19.0 Å². The van der Waals surface area contributed by atoms with E-state index in [-0.39, 0.29) is 28.1 Å². The molecule has 3 aromatic rings. The third-order valence-electron chi connectivity index (χ3n) is 4.93. The minimum absolute atomic E-state index is 0. The first-order valence-corrected chi connectivity index (χ1v) is 9.46. The maximum absolute atomic E-state index is 13.5. The van der Waals surface area contributed by atoms with Gasteiger partial charge in [0.25, 0.3) is 0 Å². The average Bonchev–Trinajstić information content (AvgIpc) is 2.77. The number of benzene rings is 1. The first-order valence-electron chi connectivity index (χ1n) is 9.46. The molecule has 9 heteroatoms. The minimum atomic E-state index is -4.79. The second kappa shape index (κ2) is 8.73. The van der Waals surface area contributed by atoms with Crippen LogP contribution >= 0.6 is 0 Å². The number of halogens is 3. The lowest BCUT2D eigenvalue weighted by molar-refractivity contribution is -0.138. The summed E-state index contributed by atoms with van der Waals surface area (Å²) in [4.78, 5) is 20.4. The zero-order valence-electron chi connectivity index (χ0n) is 16.7. The van der Waals surface area contributed by atoms with Gasteiger partial charge < -0.3 is 16.2 Å². The Bertz CT molecular complexity index is 1090. The zero-order valence-corrected chi connectivity index (χ0v) is 16.7. The normalized spacial score (nSPS) is 13.5. The molecule has 0 aliphatic rings. The van der Waals surface area contributed by atoms with E-state index in [0.717, 1.165) is 17.7 Å². The number of alkyl halides is 3. The molecule has 0 saturated carbocycles. The molecule has 6 nitrogen and oxygen atoms in total. The predicted octanol–water partition coefficient (Wildman–Crippen LogP) is 4.69. The number of nitrogen functional groups attached to an aromatic ring is 1. The van der Waals surface area contributed by atoms with Crippen molar-refractivity contribution in [3.05, 3.63) is 83.2 Å². The third kappa shape index (κ3) is 4.83. The van der Waals surface area contributed by atoms with E-state index >= 15 is 0 Å². The molecule has 0 saturated heterocycles. The second-order valence-corrected chi connectivity index (χ2v) is 6.97. The molecule has 1 aromatic carbocycles. The van der Waals surface area contributed by atoms with Gasteiger partial charge in [0, 0.05) is 16.5 Å². The molecule has 3 rings (SSSR count). The largest absolute Gasteiger partial charge is 0.475 e. The Labute approximate surface area is 181 Å². The van der Waals surface area contributed by atoms with Gasteiger partial charge >= 0.3 is 6.18 Å². The van der Waals surface area contributed by atoms with Crippen molar-refractivity contribution in [3.63, 3.8) is 0 Å². The summed E-state index contributed by atoms with van der Waals surface area (Å²) in [7, 11) is 0. The van der Waals surface area contributed by atoms with Crippen LogP contribution in [0.2, 0.25) is 0 Å². The van der Waals surface area contributed by atoms with Crippen molar-refractivity contribution in [2.45, 2.75) is 25.1 Å². The Balaban J connectivity index is 0.00000363. The summed E-state index contributed by atoms with van der Waals surface area (Å²) in [5, 5.41) is 0. The predicted molar refractivity (Wildman–Crippen MR) is 116 cm³/mol. The number of ketones is 1. The van der Waals surface area contributed by atoms with Gasteiger partial charge in [0.1, 0.15) is 18.1 Å². The number of carbonyl (C=O) groups excluding carboxylic acids is 1. The number of pyridine rings is 2. The molecule has 31 heavy (non-hydrogen) atoms. The summed E-state index contributed by atoms with van der Waals surface area (Å²) in [6.45, 7) is 1.82. The maximum atomic E-state index is 13.5. The molecule has 0 spiro atoms. The first-order chi connectivity index (χ1) is 14.7. The van der Waals surface area contributed by atoms with E-state index in [9.17, 15) is 18.0 Å². The molecule has 0 aliphatic heterocycles. The maximum Gasteiger partial charge on any atom is 0.418 e. The van der Waals surface area contributed by atoms with Crippen molar-refractivity contribution in [3.8, 4) is 5.88 Å². The van der Waals surface area contributed by atoms with Crippen LogP contribution in [0.5, 0.6) is 5.88 Å². The molecule has 2 aromatic heterocycles. The zero-order chi connectivity index (χ0) is 22.6. The van der Waals surface area contributed by atoms with Crippen molar-refractivity contribution in [2.75, 3.05) is 12.3 Å². The summed E-state index contributed by atoms with van der Waals surface area (Å²) in [6, 6.07) is 13.7. The molecule has 2 heterocycles. The Morgan fingerprint density at radius 3 is 2.42 bits per heavy atom. The van der Waals surface area contributed by atoms with Gasteiger partial charge in [-0.15, -0.1) is 0 Å². The molecule has 0 aliphatic carbocycles. The Morgan fingerprint density at radius 2 is 1.81 bits per heavy atom. The highest BCUT2D eigenvalue weighted by molar-refractivity contribution is 6.11. The number of ether oxygens (including phenoxy) is 1. The SMILES string of the molecule is CCC(N)(COc1ccc(C(F)(F)F)c(C(=O)c2cccnc2N)n1)c1ccccc1.[HH].[HH].[HH]. The van der Waals surface area contributed by atoms with Crippen molar-refractivity contribution in [1.29, 1.82) is 0 Å². The molecular weight excluding hydrogens is 409 g/mol. The fourth-order valence-electron chi connectivity index (χ4n) is 3.02. The number of hydrogen-bond acceptors (Lipinski definition) is 6. The summed E-state index contributed by atoms with van der Waals surface area (Å²) < 4.78 is 46.2. The molecule has 0 amide bonds. The van der Waals surface area contributed by atoms with E-state index in [0.29, 0.717) is 6.42 Å². The van der Waals surface area contributed by atoms with Gasteiger partial charge in [-0.25, -0.2) is 9.97 Å². The number of anilines is 1. The standard InChI is InChI=1S/C22H21F3N4O2.3H2/c1-2-21(27,14-7-4-3-5-8-14)13-31-17-11-10-16(22(23,24)25)18(29-17)19(30)15-9-6-12-28-20(15)26;;;/h3-12H,2,13,27H2,1H3,(H2,26,28);3*1H. The number of aromatic nitrogens is 2. The highest BCUT2D eigenvalue weighted by Crippen LogP contribution is 2.34. The molecule has 0 fully saturated rings. The van der Waals surface area contributed by atoms with Crippen LogP contribution in [0.1, 0.15) is 44.8 Å². The van der Waals surface area contributed by atoms with Gasteiger partial charge in [0.2, 0.25) is 11.7 Å². The van der Waals surface area contributed by atoms with Gasteiger partial charge in [-0.1, -0.05) is 37.3 Å². The van der Waals surface area contributed by atoms with E-state index in [1.165, 1.54) is 18.3 Å². The lowest BCUT2D eigenvalue weighted by Gasteiger charge is -2.28. The summed E-state index contributed by atoms with van der Waals surface area (Å²) in [5.74, 6) is -1.34. The van der Waals surface area contributed by atoms with Crippen molar-refractivity contribution in [1.82, 2.24) is 9.97 Å². The Kier molecular flexibility index (Phi) is 6.26. The van der Waals surface area contributed by atoms with Crippen molar-refractivity contribution in [2.24, 2.45) is 5.73 Å². The summed E-state index contributed by atoms with van der Waals surface area (Å²) in [6.07, 6.45) is -2.95. The molecule has 1 atom stereocenters. The molecule has 1 unspecified atom stereocenters. The smallest absolute Gasteiger partial charge is 0.418 e. The lowest BCUT2D eigenvalue weighted by Crippen LogP contribution is -2.42. The van der Waals surface area contributed by atoms with E-state index in [4.69, 9.17) is 16.2 Å². The second-order valence-electron chi connectivity index (χ2n) is 6.97. The minimum Gasteiger partial charge on any atom is -0.475 e. The van der Waals surface area contributed by atoms with Crippen LogP contribution in [0.15, 0.2) is 60.8 Å². The fraction of sp³-hybridized carbons (Fsp3) is 0.227. The van der Waals surface area contributed by atoms with Gasteiger partial charge in [-0.3, -0.25) is 4.79 Å². The van der Waals surface area contributed by atoms with Gasteiger partial charge in [-0.2, -0.15) is 13.2 Å². The van der Waals surface area contributed by atoms with E-state index < -0.39 is 28.8 Å². The summed E-state index contributed by atoms with van der Waals surface area (Å²) in [5.41, 5.74) is 9.86. The van der Waals surface area contributed by atoms with E-state index in [1.54, 1.807) is 0 Å². The quantitative estimate of drug-likeness (QED) is 0.521. The monoisotopic (exact) mass is 436 g/mol. The molecule has 168 valence electrons. The van der Waals surface area contributed by atoms with Crippen LogP contribution in [0.3, 0.4) is 0 Å². The average molecular weight is 436 g/mol. The van der Waals surface area contributed by atoms with Crippen molar-refractivity contribution < 1.29 is 27.0 Å². The van der Waals surface area contributed by atoms with E-state index in [2.05, 4.69) is 9.97 Å². The van der Waals surface area contributed by atoms with Crippen LogP contribution in [-0.2, 0) is 11.7 Å². The molecule has 4 N–H and O–H groups in total. The fourth-order valence-corrected chi connectivity index (χ4v) is 3.02. The molecule has 0 bridgehead atoms. The highest BCUT2D eigenvalue weighted by atomic mass is 19.4. The molecular formula is C22H27F3N4O2. The summed E-state index contributed by atoms with van der Waals surface area (Å²) >= 11 is 0. The lowest BCUT2D eigenvalue weighted by atomic mass is 9.89. The van der Waals surface area contributed by atoms with Gasteiger partial charge in [0.05, 0.1) is 16.7 Å². The van der Waals surface area contributed by atoms with Gasteiger partial charge in [-0.05, 0) is 30.2 Å². The van der Waals surface area contributed by atoms with Crippen LogP contribution < -0.4 is 16.2 Å². The Morgan fingerprint density at radius 1 is 1.10 bits per heavy atom. The number of nitrogens with two attached hydrogens (primary N) is 2. The first kappa shape index (κ1) is 22.2. The number of carbonyl (C=O) groups is 1. The van der Waals surface area contributed by atoms with E-state index in [1.807, 2.05) is 37.3 Å². The Hall–Kier alpha value is -3.46. The van der Waals surface area contributed by atoms with Crippen LogP contribution in [0, 0.1) is 0 Å². The van der Waals surface area contributed by atoms with Crippen LogP contribution in [0.25, 0.3) is 0 Å². The highest BCUT2D eigenvalue weighted by Gasteiger charge is 2.37. The van der Waals surface area contributed by atoms with Crippen LogP contribution in [-0.4, -0.2) is 22.4 Å². The molecule has 0 radical (unpaired) electrons. The number of rotatable bonds is 7. The topological polar surface area (TPSA) is 104 Å². The third-order valence-corrected chi connectivity index (χ3v) is 4.93. The van der Waals surface area contributed by atoms with Crippen molar-refractivity contribution >= 4 is 11.6 Å². The number of nitrogens with zero attached hydrogens (tertiary/aromatic N) is 2.